The first-order chi connectivity index (χ1) is 13.9. The van der Waals surface area contributed by atoms with Crippen LogP contribution in [0.1, 0.15) is 31.2 Å². The van der Waals surface area contributed by atoms with Crippen molar-refractivity contribution in [2.24, 2.45) is 0 Å². The molecule has 0 unspecified atom stereocenters. The molecule has 6 nitrogen and oxygen atoms in total. The Hall–Kier alpha value is -3.00. The summed E-state index contributed by atoms with van der Waals surface area (Å²) in [5.74, 6) is 0.115. The van der Waals surface area contributed by atoms with Crippen molar-refractivity contribution in [1.29, 1.82) is 10.5 Å². The molecule has 2 aromatic rings. The average molecular weight is 427 g/mol. The van der Waals surface area contributed by atoms with Gasteiger partial charge in [0.05, 0.1) is 16.5 Å². The number of nitrogens with one attached hydrogen (secondary N) is 2. The highest BCUT2D eigenvalue weighted by Crippen LogP contribution is 2.26. The van der Waals surface area contributed by atoms with Crippen molar-refractivity contribution >= 4 is 27.1 Å². The van der Waals surface area contributed by atoms with Crippen LogP contribution in [-0.4, -0.2) is 14.5 Å². The van der Waals surface area contributed by atoms with Gasteiger partial charge in [0.25, 0.3) is 0 Å². The number of anilines is 1. The van der Waals surface area contributed by atoms with Gasteiger partial charge < -0.3 is 10.6 Å². The number of sulfone groups is 1. The summed E-state index contributed by atoms with van der Waals surface area (Å²) < 4.78 is 26.3. The van der Waals surface area contributed by atoms with E-state index in [9.17, 15) is 13.7 Å². The molecule has 1 saturated carbocycles. The van der Waals surface area contributed by atoms with Gasteiger partial charge in [-0.2, -0.15) is 10.5 Å². The molecule has 0 bridgehead atoms. The van der Waals surface area contributed by atoms with E-state index in [4.69, 9.17) is 16.9 Å². The number of nitrogens with zero attached hydrogens (tertiary/aromatic N) is 2. The maximum absolute atomic E-state index is 13.1. The summed E-state index contributed by atoms with van der Waals surface area (Å²) in [5.41, 5.74) is 0.942. The van der Waals surface area contributed by atoms with E-state index in [1.165, 1.54) is 24.3 Å². The fourth-order valence-electron chi connectivity index (χ4n) is 3.23. The quantitative estimate of drug-likeness (QED) is 0.666. The Balaban J connectivity index is 2.07. The van der Waals surface area contributed by atoms with Crippen LogP contribution in [-0.2, 0) is 9.84 Å². The maximum Gasteiger partial charge on any atom is 0.220 e. The minimum absolute atomic E-state index is 0.0169. The molecule has 29 heavy (non-hydrogen) atoms. The maximum atomic E-state index is 13.1. The largest absolute Gasteiger partial charge is 0.367 e. The van der Waals surface area contributed by atoms with Gasteiger partial charge in [0.2, 0.25) is 9.84 Å². The predicted molar refractivity (Wildman–Crippen MR) is 111 cm³/mol. The van der Waals surface area contributed by atoms with Crippen LogP contribution in [0.2, 0.25) is 5.02 Å². The number of benzene rings is 2. The zero-order chi connectivity index (χ0) is 20.9. The van der Waals surface area contributed by atoms with Gasteiger partial charge in [0, 0.05) is 16.8 Å². The summed E-state index contributed by atoms with van der Waals surface area (Å²) in [4.78, 5) is -0.425. The minimum Gasteiger partial charge on any atom is -0.367 e. The molecule has 0 spiro atoms. The lowest BCUT2D eigenvalue weighted by molar-refractivity contribution is 0.581. The molecule has 2 N–H and O–H groups in total. The molecular formula is C21H19ClN4O2S. The second-order valence-electron chi connectivity index (χ2n) is 6.72. The summed E-state index contributed by atoms with van der Waals surface area (Å²) in [5, 5.41) is 25.5. The number of hydrogen-bond donors (Lipinski definition) is 2. The Kier molecular flexibility index (Phi) is 6.43. The van der Waals surface area contributed by atoms with Crippen molar-refractivity contribution in [3.05, 3.63) is 69.8 Å². The number of rotatable bonds is 6. The number of hydrogen-bond acceptors (Lipinski definition) is 6. The summed E-state index contributed by atoms with van der Waals surface area (Å²) in [6, 6.07) is 16.3. The lowest BCUT2D eigenvalue weighted by atomic mass is 10.2. The van der Waals surface area contributed by atoms with Crippen LogP contribution in [0.5, 0.6) is 0 Å². The Morgan fingerprint density at radius 2 is 1.76 bits per heavy atom. The summed E-state index contributed by atoms with van der Waals surface area (Å²) in [7, 11) is -4.07. The average Bonchev–Trinajstić information content (AvgIpc) is 3.22. The fourth-order valence-corrected chi connectivity index (χ4v) is 4.58. The second-order valence-corrected chi connectivity index (χ2v) is 9.04. The van der Waals surface area contributed by atoms with Gasteiger partial charge in [-0.1, -0.05) is 30.5 Å². The molecule has 0 saturated heterocycles. The van der Waals surface area contributed by atoms with Gasteiger partial charge in [0.15, 0.2) is 4.91 Å². The predicted octanol–water partition coefficient (Wildman–Crippen LogP) is 4.32. The van der Waals surface area contributed by atoms with Gasteiger partial charge in [0.1, 0.15) is 11.9 Å². The van der Waals surface area contributed by atoms with E-state index in [1.807, 2.05) is 12.1 Å². The van der Waals surface area contributed by atoms with Crippen molar-refractivity contribution in [3.63, 3.8) is 0 Å². The summed E-state index contributed by atoms with van der Waals surface area (Å²) in [6.45, 7) is 0. The molecule has 0 aromatic heterocycles. The van der Waals surface area contributed by atoms with Gasteiger partial charge in [-0.05, 0) is 55.3 Å². The van der Waals surface area contributed by atoms with Crippen LogP contribution < -0.4 is 10.6 Å². The van der Waals surface area contributed by atoms with Crippen molar-refractivity contribution in [3.8, 4) is 12.1 Å². The van der Waals surface area contributed by atoms with Crippen molar-refractivity contribution in [1.82, 2.24) is 5.32 Å². The number of nitriles is 2. The molecule has 0 radical (unpaired) electrons. The van der Waals surface area contributed by atoms with E-state index in [0.717, 1.165) is 25.7 Å². The third kappa shape index (κ3) is 4.89. The molecule has 0 heterocycles. The zero-order valence-electron chi connectivity index (χ0n) is 15.5. The molecule has 1 aliphatic carbocycles. The first-order valence-electron chi connectivity index (χ1n) is 9.13. The Morgan fingerprint density at radius 1 is 1.07 bits per heavy atom. The standard InChI is InChI=1S/C21H19ClN4O2S/c22-16-8-10-19(11-9-16)29(27,28)20(14-24)21(25-17-5-1-2-6-17)26-18-7-3-4-15(12-18)13-23/h3-4,7-12,17,25-26H,1-2,5-6H2. The smallest absolute Gasteiger partial charge is 0.220 e. The number of allylic oxidation sites excluding steroid dienone is 1. The summed E-state index contributed by atoms with van der Waals surface area (Å²) >= 11 is 5.86. The number of halogens is 1. The fraction of sp³-hybridized carbons (Fsp3) is 0.238. The Labute approximate surface area is 175 Å². The van der Waals surface area contributed by atoms with Crippen molar-refractivity contribution < 1.29 is 8.42 Å². The molecule has 3 rings (SSSR count). The normalized spacial score (nSPS) is 15.1. The molecule has 1 fully saturated rings. The van der Waals surface area contributed by atoms with Crippen LogP contribution in [0.15, 0.2) is 64.2 Å². The summed E-state index contributed by atoms with van der Waals surface area (Å²) in [6.07, 6.45) is 3.87. The van der Waals surface area contributed by atoms with Gasteiger partial charge in [-0.25, -0.2) is 8.42 Å². The monoisotopic (exact) mass is 426 g/mol. The van der Waals surface area contributed by atoms with Crippen LogP contribution in [0.3, 0.4) is 0 Å². The van der Waals surface area contributed by atoms with Crippen molar-refractivity contribution in [2.45, 2.75) is 36.6 Å². The first-order valence-corrected chi connectivity index (χ1v) is 11.0. The molecule has 0 atom stereocenters. The Morgan fingerprint density at radius 3 is 2.38 bits per heavy atom. The van der Waals surface area contributed by atoms with E-state index in [1.54, 1.807) is 24.3 Å². The lowest BCUT2D eigenvalue weighted by Crippen LogP contribution is -2.31. The lowest BCUT2D eigenvalue weighted by Gasteiger charge is -2.20. The van der Waals surface area contributed by atoms with Gasteiger partial charge in [-0.15, -0.1) is 0 Å². The minimum atomic E-state index is -4.07. The van der Waals surface area contributed by atoms with E-state index >= 15 is 0 Å². The second kappa shape index (κ2) is 9.00. The van der Waals surface area contributed by atoms with Crippen LogP contribution in [0, 0.1) is 22.7 Å². The van der Waals surface area contributed by atoms with E-state index in [2.05, 4.69) is 10.6 Å². The molecule has 1 aliphatic rings. The molecule has 8 heteroatoms. The topological polar surface area (TPSA) is 106 Å². The highest BCUT2D eigenvalue weighted by molar-refractivity contribution is 7.95. The highest BCUT2D eigenvalue weighted by atomic mass is 35.5. The van der Waals surface area contributed by atoms with Crippen LogP contribution in [0.4, 0.5) is 5.69 Å². The van der Waals surface area contributed by atoms with Crippen molar-refractivity contribution in [2.75, 3.05) is 5.32 Å². The molecular weight excluding hydrogens is 408 g/mol. The molecule has 0 aliphatic heterocycles. The van der Waals surface area contributed by atoms with E-state index < -0.39 is 14.7 Å². The van der Waals surface area contributed by atoms with Gasteiger partial charge in [-0.3, -0.25) is 0 Å². The molecule has 2 aromatic carbocycles. The third-order valence-electron chi connectivity index (χ3n) is 4.69. The zero-order valence-corrected chi connectivity index (χ0v) is 17.1. The molecule has 0 amide bonds. The van der Waals surface area contributed by atoms with Gasteiger partial charge >= 0.3 is 0 Å². The highest BCUT2D eigenvalue weighted by Gasteiger charge is 2.27. The van der Waals surface area contributed by atoms with E-state index in [-0.39, 0.29) is 16.8 Å². The van der Waals surface area contributed by atoms with E-state index in [0.29, 0.717) is 16.3 Å². The SMILES string of the molecule is N#CC(=C(Nc1cccc(C#N)c1)NC1CCCC1)S(=O)(=O)c1ccc(Cl)cc1. The Bertz CT molecular complexity index is 1110. The molecule has 148 valence electrons. The van der Waals surface area contributed by atoms with Crippen LogP contribution in [0.25, 0.3) is 0 Å². The third-order valence-corrected chi connectivity index (χ3v) is 6.66. The van der Waals surface area contributed by atoms with Crippen LogP contribution >= 0.6 is 11.6 Å². The first kappa shape index (κ1) is 20.7.